The number of benzene rings is 3. The van der Waals surface area contributed by atoms with E-state index in [1.165, 1.54) is 30.3 Å². The standard InChI is InChI=1S/C22H19Cl3N2O4S/c1-22(2,31-16-10-6-14(23)7-11-16)21(28)26-15-8-12-17(13-9-15)32(29,30)27-19-5-3-4-18(24)20(19)25/h3-13,27H,1-2H3,(H,26,28). The molecule has 0 heterocycles. The summed E-state index contributed by atoms with van der Waals surface area (Å²) in [6.45, 7) is 3.24. The summed E-state index contributed by atoms with van der Waals surface area (Å²) in [5.41, 5.74) is -0.621. The van der Waals surface area contributed by atoms with Gasteiger partial charge in [-0.15, -0.1) is 0 Å². The number of halogens is 3. The fourth-order valence-corrected chi connectivity index (χ4v) is 4.23. The molecule has 0 aliphatic rings. The van der Waals surface area contributed by atoms with E-state index in [4.69, 9.17) is 39.5 Å². The fourth-order valence-electron chi connectivity index (χ4n) is 2.63. The average Bonchev–Trinajstić information content (AvgIpc) is 2.73. The molecule has 3 aromatic carbocycles. The molecule has 0 spiro atoms. The summed E-state index contributed by atoms with van der Waals surface area (Å²) in [7, 11) is -3.91. The van der Waals surface area contributed by atoms with Gasteiger partial charge in [0.2, 0.25) is 0 Å². The van der Waals surface area contributed by atoms with Crippen LogP contribution in [0.5, 0.6) is 5.75 Å². The molecule has 6 nitrogen and oxygen atoms in total. The number of ether oxygens (including phenoxy) is 1. The van der Waals surface area contributed by atoms with Gasteiger partial charge < -0.3 is 10.1 Å². The summed E-state index contributed by atoms with van der Waals surface area (Å²) in [6, 6.07) is 17.0. The Hall–Kier alpha value is -2.45. The zero-order chi connectivity index (χ0) is 23.5. The van der Waals surface area contributed by atoms with Gasteiger partial charge in [-0.25, -0.2) is 8.42 Å². The van der Waals surface area contributed by atoms with E-state index >= 15 is 0 Å². The van der Waals surface area contributed by atoms with Gasteiger partial charge in [0.05, 0.1) is 20.6 Å². The van der Waals surface area contributed by atoms with Crippen LogP contribution in [0.15, 0.2) is 71.6 Å². The van der Waals surface area contributed by atoms with E-state index in [2.05, 4.69) is 10.0 Å². The Morgan fingerprint density at radius 3 is 2.16 bits per heavy atom. The average molecular weight is 514 g/mol. The molecule has 0 radical (unpaired) electrons. The maximum Gasteiger partial charge on any atom is 0.267 e. The number of nitrogens with one attached hydrogen (secondary N) is 2. The Morgan fingerprint density at radius 1 is 0.906 bits per heavy atom. The molecule has 0 unspecified atom stereocenters. The Bertz CT molecular complexity index is 1230. The summed E-state index contributed by atoms with van der Waals surface area (Å²) < 4.78 is 33.5. The summed E-state index contributed by atoms with van der Waals surface area (Å²) in [5.74, 6) is 0.0774. The van der Waals surface area contributed by atoms with Crippen molar-refractivity contribution in [2.45, 2.75) is 24.3 Å². The van der Waals surface area contributed by atoms with Crippen molar-refractivity contribution in [3.05, 3.63) is 81.8 Å². The second-order valence-electron chi connectivity index (χ2n) is 7.25. The van der Waals surface area contributed by atoms with Gasteiger partial charge >= 0.3 is 0 Å². The van der Waals surface area contributed by atoms with Gasteiger partial charge in [-0.3, -0.25) is 9.52 Å². The molecule has 0 atom stereocenters. The molecule has 0 aliphatic carbocycles. The number of rotatable bonds is 7. The van der Waals surface area contributed by atoms with E-state index in [1.54, 1.807) is 50.2 Å². The van der Waals surface area contributed by atoms with Crippen molar-refractivity contribution in [3.63, 3.8) is 0 Å². The third kappa shape index (κ3) is 5.86. The van der Waals surface area contributed by atoms with Gasteiger partial charge in [0.15, 0.2) is 5.60 Å². The third-order valence-electron chi connectivity index (χ3n) is 4.35. The number of carbonyl (C=O) groups excluding carboxylic acids is 1. The molecule has 0 bridgehead atoms. The molecule has 2 N–H and O–H groups in total. The first kappa shape index (κ1) is 24.2. The molecule has 0 aliphatic heterocycles. The van der Waals surface area contributed by atoms with Gasteiger partial charge in [0, 0.05) is 10.7 Å². The van der Waals surface area contributed by atoms with Crippen LogP contribution in [-0.2, 0) is 14.8 Å². The second-order valence-corrected chi connectivity index (χ2v) is 10.2. The number of hydrogen-bond acceptors (Lipinski definition) is 4. The largest absolute Gasteiger partial charge is 0.478 e. The summed E-state index contributed by atoms with van der Waals surface area (Å²) in [6.07, 6.45) is 0. The van der Waals surface area contributed by atoms with Crippen LogP contribution in [-0.4, -0.2) is 19.9 Å². The summed E-state index contributed by atoms with van der Waals surface area (Å²) in [5, 5.41) is 3.60. The molecule has 0 saturated carbocycles. The Labute approximate surface area is 201 Å². The smallest absolute Gasteiger partial charge is 0.267 e. The number of carbonyl (C=O) groups is 1. The highest BCUT2D eigenvalue weighted by atomic mass is 35.5. The van der Waals surface area contributed by atoms with Crippen LogP contribution in [0, 0.1) is 0 Å². The molecule has 3 aromatic rings. The van der Waals surface area contributed by atoms with Crippen LogP contribution < -0.4 is 14.8 Å². The van der Waals surface area contributed by atoms with Crippen molar-refractivity contribution in [1.29, 1.82) is 0 Å². The van der Waals surface area contributed by atoms with E-state index < -0.39 is 21.5 Å². The van der Waals surface area contributed by atoms with Gasteiger partial charge in [0.1, 0.15) is 5.75 Å². The molecule has 32 heavy (non-hydrogen) atoms. The van der Waals surface area contributed by atoms with Crippen molar-refractivity contribution in [1.82, 2.24) is 0 Å². The Balaban J connectivity index is 1.70. The van der Waals surface area contributed by atoms with Crippen LogP contribution >= 0.6 is 34.8 Å². The van der Waals surface area contributed by atoms with Crippen molar-refractivity contribution in [3.8, 4) is 5.75 Å². The first-order chi connectivity index (χ1) is 15.0. The molecule has 10 heteroatoms. The molecular formula is C22H19Cl3N2O4S. The zero-order valence-electron chi connectivity index (χ0n) is 17.0. The van der Waals surface area contributed by atoms with Crippen molar-refractivity contribution >= 4 is 62.1 Å². The van der Waals surface area contributed by atoms with Crippen molar-refractivity contribution in [2.75, 3.05) is 10.0 Å². The summed E-state index contributed by atoms with van der Waals surface area (Å²) >= 11 is 17.8. The molecule has 0 fully saturated rings. The van der Waals surface area contributed by atoms with Gasteiger partial charge in [0.25, 0.3) is 15.9 Å². The van der Waals surface area contributed by atoms with Crippen LogP contribution in [0.25, 0.3) is 0 Å². The highest BCUT2D eigenvalue weighted by molar-refractivity contribution is 7.92. The van der Waals surface area contributed by atoms with Crippen molar-refractivity contribution in [2.24, 2.45) is 0 Å². The van der Waals surface area contributed by atoms with E-state index in [0.717, 1.165) is 0 Å². The lowest BCUT2D eigenvalue weighted by Crippen LogP contribution is -2.42. The number of hydrogen-bond donors (Lipinski definition) is 2. The van der Waals surface area contributed by atoms with Crippen LogP contribution in [0.1, 0.15) is 13.8 Å². The fraction of sp³-hybridized carbons (Fsp3) is 0.136. The van der Waals surface area contributed by atoms with Crippen molar-refractivity contribution < 1.29 is 17.9 Å². The van der Waals surface area contributed by atoms with Crippen LogP contribution in [0.3, 0.4) is 0 Å². The maximum atomic E-state index is 12.7. The van der Waals surface area contributed by atoms with Gasteiger partial charge in [-0.1, -0.05) is 40.9 Å². The highest BCUT2D eigenvalue weighted by Crippen LogP contribution is 2.31. The first-order valence-electron chi connectivity index (χ1n) is 9.31. The lowest BCUT2D eigenvalue weighted by Gasteiger charge is -2.25. The van der Waals surface area contributed by atoms with Crippen LogP contribution in [0.2, 0.25) is 15.1 Å². The van der Waals surface area contributed by atoms with E-state index in [-0.39, 0.29) is 20.6 Å². The summed E-state index contributed by atoms with van der Waals surface area (Å²) in [4.78, 5) is 12.7. The first-order valence-corrected chi connectivity index (χ1v) is 11.9. The topological polar surface area (TPSA) is 84.5 Å². The minimum absolute atomic E-state index is 0.0109. The number of sulfonamides is 1. The van der Waals surface area contributed by atoms with Gasteiger partial charge in [-0.05, 0) is 74.5 Å². The van der Waals surface area contributed by atoms with E-state index in [9.17, 15) is 13.2 Å². The zero-order valence-corrected chi connectivity index (χ0v) is 20.1. The Morgan fingerprint density at radius 2 is 1.53 bits per heavy atom. The lowest BCUT2D eigenvalue weighted by molar-refractivity contribution is -0.128. The minimum Gasteiger partial charge on any atom is -0.478 e. The molecular weight excluding hydrogens is 495 g/mol. The molecule has 1 amide bonds. The molecule has 0 aromatic heterocycles. The predicted molar refractivity (Wildman–Crippen MR) is 129 cm³/mol. The second kappa shape index (κ2) is 9.58. The van der Waals surface area contributed by atoms with Crippen LogP contribution in [0.4, 0.5) is 11.4 Å². The quantitative estimate of drug-likeness (QED) is 0.391. The normalized spacial score (nSPS) is 11.7. The third-order valence-corrected chi connectivity index (χ3v) is 6.80. The van der Waals surface area contributed by atoms with Gasteiger partial charge in [-0.2, -0.15) is 0 Å². The molecule has 168 valence electrons. The van der Waals surface area contributed by atoms with E-state index in [1.807, 2.05) is 0 Å². The number of anilines is 2. The molecule has 0 saturated heterocycles. The minimum atomic E-state index is -3.91. The van der Waals surface area contributed by atoms with E-state index in [0.29, 0.717) is 16.5 Å². The predicted octanol–water partition coefficient (Wildman–Crippen LogP) is 6.24. The Kier molecular flexibility index (Phi) is 7.25. The highest BCUT2D eigenvalue weighted by Gasteiger charge is 2.30. The number of amides is 1. The monoisotopic (exact) mass is 512 g/mol. The lowest BCUT2D eigenvalue weighted by atomic mass is 10.1. The maximum absolute atomic E-state index is 12.7. The molecule has 3 rings (SSSR count). The SMILES string of the molecule is CC(C)(Oc1ccc(Cl)cc1)C(=O)Nc1ccc(S(=O)(=O)Nc2cccc(Cl)c2Cl)cc1.